The van der Waals surface area contributed by atoms with Gasteiger partial charge in [-0.3, -0.25) is 10.1 Å². The standard InChI is InChI=1S/C18H22N8O3/c27-9-18(5-1-2-6-18)25-15-22-13-10(7-12-14(28)23-17(29)21-12)8-19-26(13)16(24-15)20-11-3-4-11/h7-8,11,27H,1-6,9H2,(H2,20,22,24,25)(H2,21,23,28,29)/b12-7-. The summed E-state index contributed by atoms with van der Waals surface area (Å²) in [5, 5.41) is 25.6. The molecule has 2 aliphatic carbocycles. The highest BCUT2D eigenvalue weighted by atomic mass is 16.3. The van der Waals surface area contributed by atoms with Crippen molar-refractivity contribution in [1.82, 2.24) is 30.2 Å². The molecule has 11 nitrogen and oxygen atoms in total. The number of aliphatic hydroxyl groups excluding tert-OH is 1. The molecule has 5 N–H and O–H groups in total. The van der Waals surface area contributed by atoms with Crippen LogP contribution in [0.25, 0.3) is 11.7 Å². The number of nitrogens with zero attached hydrogens (tertiary/aromatic N) is 4. The van der Waals surface area contributed by atoms with Crippen molar-refractivity contribution < 1.29 is 14.7 Å². The fraction of sp³-hybridized carbons (Fsp3) is 0.500. The van der Waals surface area contributed by atoms with E-state index in [1.807, 2.05) is 0 Å². The molecule has 0 radical (unpaired) electrons. The Bertz CT molecular complexity index is 1020. The van der Waals surface area contributed by atoms with Crippen LogP contribution in [0.15, 0.2) is 11.9 Å². The molecule has 3 fully saturated rings. The fourth-order valence-electron chi connectivity index (χ4n) is 3.81. The van der Waals surface area contributed by atoms with Gasteiger partial charge in [-0.05, 0) is 31.8 Å². The van der Waals surface area contributed by atoms with E-state index in [2.05, 4.69) is 36.3 Å². The molecule has 1 aliphatic heterocycles. The Morgan fingerprint density at radius 1 is 1.24 bits per heavy atom. The molecule has 0 spiro atoms. The van der Waals surface area contributed by atoms with Crippen LogP contribution in [-0.2, 0) is 4.79 Å². The van der Waals surface area contributed by atoms with Crippen LogP contribution in [0.3, 0.4) is 0 Å². The molecule has 11 heteroatoms. The van der Waals surface area contributed by atoms with Crippen molar-refractivity contribution in [2.24, 2.45) is 0 Å². The maximum Gasteiger partial charge on any atom is 0.326 e. The monoisotopic (exact) mass is 398 g/mol. The van der Waals surface area contributed by atoms with Crippen molar-refractivity contribution in [3.05, 3.63) is 17.5 Å². The van der Waals surface area contributed by atoms with Crippen molar-refractivity contribution in [2.75, 3.05) is 17.2 Å². The van der Waals surface area contributed by atoms with Crippen LogP contribution in [0.4, 0.5) is 16.7 Å². The molecule has 3 amide bonds. The van der Waals surface area contributed by atoms with Crippen LogP contribution >= 0.6 is 0 Å². The third-order valence-corrected chi connectivity index (χ3v) is 5.57. The number of aromatic nitrogens is 4. The summed E-state index contributed by atoms with van der Waals surface area (Å²) >= 11 is 0. The minimum atomic E-state index is -0.558. The maximum absolute atomic E-state index is 11.9. The van der Waals surface area contributed by atoms with Crippen LogP contribution in [-0.4, -0.2) is 54.8 Å². The smallest absolute Gasteiger partial charge is 0.326 e. The Morgan fingerprint density at radius 2 is 2.03 bits per heavy atom. The van der Waals surface area contributed by atoms with Crippen LogP contribution in [0.1, 0.15) is 44.1 Å². The lowest BCUT2D eigenvalue weighted by Crippen LogP contribution is -2.39. The summed E-state index contributed by atoms with van der Waals surface area (Å²) < 4.78 is 1.59. The van der Waals surface area contributed by atoms with Gasteiger partial charge in [-0.1, -0.05) is 12.8 Å². The van der Waals surface area contributed by atoms with Crippen LogP contribution in [0, 0.1) is 0 Å². The number of carbonyl (C=O) groups excluding carboxylic acids is 2. The molecule has 0 bridgehead atoms. The minimum absolute atomic E-state index is 0.00923. The van der Waals surface area contributed by atoms with E-state index in [-0.39, 0.29) is 12.3 Å². The topological polar surface area (TPSA) is 146 Å². The Balaban J connectivity index is 1.56. The lowest BCUT2D eigenvalue weighted by atomic mass is 9.99. The van der Waals surface area contributed by atoms with Gasteiger partial charge in [-0.2, -0.15) is 19.6 Å². The Kier molecular flexibility index (Phi) is 4.12. The first-order valence-electron chi connectivity index (χ1n) is 9.81. The molecule has 0 aromatic carbocycles. The quantitative estimate of drug-likeness (QED) is 0.351. The second-order valence-electron chi connectivity index (χ2n) is 7.86. The van der Waals surface area contributed by atoms with Gasteiger partial charge in [0.1, 0.15) is 5.70 Å². The van der Waals surface area contributed by atoms with Crippen molar-refractivity contribution in [3.8, 4) is 0 Å². The second kappa shape index (κ2) is 6.69. The molecule has 5 rings (SSSR count). The lowest BCUT2D eigenvalue weighted by Gasteiger charge is -2.28. The van der Waals surface area contributed by atoms with Gasteiger partial charge in [0.2, 0.25) is 11.9 Å². The number of hydrogen-bond acceptors (Lipinski definition) is 8. The van der Waals surface area contributed by atoms with Gasteiger partial charge in [-0.25, -0.2) is 4.79 Å². The van der Waals surface area contributed by atoms with E-state index in [0.717, 1.165) is 38.5 Å². The molecule has 0 atom stereocenters. The number of amides is 3. The highest BCUT2D eigenvalue weighted by Crippen LogP contribution is 2.33. The number of fused-ring (bicyclic) bond motifs is 1. The average molecular weight is 398 g/mol. The number of nitrogens with one attached hydrogen (secondary N) is 4. The third-order valence-electron chi connectivity index (χ3n) is 5.57. The van der Waals surface area contributed by atoms with E-state index >= 15 is 0 Å². The zero-order chi connectivity index (χ0) is 20.0. The van der Waals surface area contributed by atoms with E-state index in [1.165, 1.54) is 6.08 Å². The molecule has 2 aromatic heterocycles. The Hall–Kier alpha value is -3.21. The van der Waals surface area contributed by atoms with E-state index in [0.29, 0.717) is 29.1 Å². The molecule has 3 aliphatic rings. The van der Waals surface area contributed by atoms with Gasteiger partial charge in [0.15, 0.2) is 5.65 Å². The van der Waals surface area contributed by atoms with Crippen molar-refractivity contribution in [2.45, 2.75) is 50.1 Å². The number of rotatable bonds is 6. The Morgan fingerprint density at radius 3 is 2.69 bits per heavy atom. The van der Waals surface area contributed by atoms with Crippen molar-refractivity contribution in [1.29, 1.82) is 0 Å². The Labute approximate surface area is 166 Å². The normalized spacial score (nSPS) is 22.2. The molecule has 1 saturated heterocycles. The highest BCUT2D eigenvalue weighted by Gasteiger charge is 2.34. The van der Waals surface area contributed by atoms with E-state index in [1.54, 1.807) is 10.7 Å². The third kappa shape index (κ3) is 3.37. The maximum atomic E-state index is 11.9. The van der Waals surface area contributed by atoms with Gasteiger partial charge < -0.3 is 21.1 Å². The van der Waals surface area contributed by atoms with E-state index in [9.17, 15) is 14.7 Å². The van der Waals surface area contributed by atoms with Crippen LogP contribution in [0.2, 0.25) is 0 Å². The summed E-state index contributed by atoms with van der Waals surface area (Å²) in [6.07, 6.45) is 9.05. The fourth-order valence-corrected chi connectivity index (χ4v) is 3.81. The van der Waals surface area contributed by atoms with Gasteiger partial charge in [0, 0.05) is 11.6 Å². The molecular formula is C18H22N8O3. The summed E-state index contributed by atoms with van der Waals surface area (Å²) in [5.41, 5.74) is 0.786. The SMILES string of the molecule is O=C1NC(=O)/C(=C/c2cnn3c(NC4CC4)nc(NC4(CO)CCCC4)nc23)N1. The zero-order valence-corrected chi connectivity index (χ0v) is 15.7. The van der Waals surface area contributed by atoms with Gasteiger partial charge in [-0.15, -0.1) is 0 Å². The first kappa shape index (κ1) is 17.9. The molecule has 0 unspecified atom stereocenters. The molecular weight excluding hydrogens is 376 g/mol. The van der Waals surface area contributed by atoms with Gasteiger partial charge in [0.05, 0.1) is 18.3 Å². The van der Waals surface area contributed by atoms with Crippen LogP contribution < -0.4 is 21.3 Å². The number of carbonyl (C=O) groups is 2. The highest BCUT2D eigenvalue weighted by molar-refractivity contribution is 6.14. The van der Waals surface area contributed by atoms with Crippen LogP contribution in [0.5, 0.6) is 0 Å². The van der Waals surface area contributed by atoms with E-state index in [4.69, 9.17) is 0 Å². The predicted molar refractivity (Wildman–Crippen MR) is 104 cm³/mol. The molecule has 29 heavy (non-hydrogen) atoms. The zero-order valence-electron chi connectivity index (χ0n) is 15.7. The van der Waals surface area contributed by atoms with Gasteiger partial charge >= 0.3 is 6.03 Å². The second-order valence-corrected chi connectivity index (χ2v) is 7.86. The number of imide groups is 1. The molecule has 152 valence electrons. The summed E-state index contributed by atoms with van der Waals surface area (Å²) in [6, 6.07) is -0.206. The van der Waals surface area contributed by atoms with E-state index < -0.39 is 17.5 Å². The number of urea groups is 1. The summed E-state index contributed by atoms with van der Waals surface area (Å²) in [4.78, 5) is 32.5. The molecule has 2 aromatic rings. The largest absolute Gasteiger partial charge is 0.394 e. The lowest BCUT2D eigenvalue weighted by molar-refractivity contribution is -0.115. The minimum Gasteiger partial charge on any atom is -0.394 e. The first-order chi connectivity index (χ1) is 14.0. The molecule has 3 heterocycles. The number of hydrogen-bond donors (Lipinski definition) is 5. The average Bonchev–Trinajstić information content (AvgIpc) is 3.09. The first-order valence-corrected chi connectivity index (χ1v) is 9.81. The summed E-state index contributed by atoms with van der Waals surface area (Å²) in [6.45, 7) is 0.00923. The van der Waals surface area contributed by atoms with Crippen molar-refractivity contribution in [3.63, 3.8) is 0 Å². The number of anilines is 2. The van der Waals surface area contributed by atoms with Gasteiger partial charge in [0.25, 0.3) is 5.91 Å². The number of aliphatic hydroxyl groups is 1. The predicted octanol–water partition coefficient (Wildman–Crippen LogP) is 0.596. The molecule has 2 saturated carbocycles. The van der Waals surface area contributed by atoms with Crippen molar-refractivity contribution >= 4 is 35.6 Å². The summed E-state index contributed by atoms with van der Waals surface area (Å²) in [5.74, 6) is 0.454. The summed E-state index contributed by atoms with van der Waals surface area (Å²) in [7, 11) is 0.